The molecule has 0 unspecified atom stereocenters. The highest BCUT2D eigenvalue weighted by Gasteiger charge is 2.31. The first-order valence-corrected chi connectivity index (χ1v) is 11.2. The molecular formula is C19H22Cl2N3O3S+. The van der Waals surface area contributed by atoms with Crippen molar-refractivity contribution in [3.63, 3.8) is 0 Å². The molecule has 0 radical (unpaired) electrons. The van der Waals surface area contributed by atoms with Crippen molar-refractivity contribution in [2.75, 3.05) is 32.7 Å². The average Bonchev–Trinajstić information content (AvgIpc) is 2.68. The molecule has 0 aromatic heterocycles. The fourth-order valence-electron chi connectivity index (χ4n) is 3.10. The van der Waals surface area contributed by atoms with E-state index in [0.717, 1.165) is 10.5 Å². The zero-order valence-corrected chi connectivity index (χ0v) is 17.5. The highest BCUT2D eigenvalue weighted by Crippen LogP contribution is 2.18. The number of amides is 1. The quantitative estimate of drug-likeness (QED) is 0.705. The molecule has 1 aliphatic rings. The van der Waals surface area contributed by atoms with E-state index in [1.165, 1.54) is 16.4 Å². The van der Waals surface area contributed by atoms with E-state index in [4.69, 9.17) is 23.2 Å². The number of nitrogens with zero attached hydrogens (tertiary/aromatic N) is 1. The molecule has 0 saturated carbocycles. The molecule has 0 atom stereocenters. The number of hydrogen-bond donors (Lipinski definition) is 2. The first-order valence-electron chi connectivity index (χ1n) is 8.95. The van der Waals surface area contributed by atoms with Crippen LogP contribution in [0.5, 0.6) is 0 Å². The summed E-state index contributed by atoms with van der Waals surface area (Å²) in [7, 11) is -3.54. The summed E-state index contributed by atoms with van der Waals surface area (Å²) < 4.78 is 26.9. The molecule has 6 nitrogen and oxygen atoms in total. The Labute approximate surface area is 175 Å². The summed E-state index contributed by atoms with van der Waals surface area (Å²) in [5, 5.41) is 3.99. The molecule has 1 fully saturated rings. The number of piperazine rings is 1. The fraction of sp³-hybridized carbons (Fsp3) is 0.316. The van der Waals surface area contributed by atoms with Crippen molar-refractivity contribution in [1.29, 1.82) is 0 Å². The Balaban J connectivity index is 1.49. The van der Waals surface area contributed by atoms with Gasteiger partial charge in [-0.05, 0) is 35.9 Å². The van der Waals surface area contributed by atoms with Gasteiger partial charge in [0.05, 0.1) is 31.1 Å². The predicted octanol–water partition coefficient (Wildman–Crippen LogP) is 1.20. The van der Waals surface area contributed by atoms with Crippen LogP contribution >= 0.6 is 23.2 Å². The van der Waals surface area contributed by atoms with Crippen LogP contribution in [0, 0.1) is 0 Å². The standard InChI is InChI=1S/C19H21Cl2N3O3S/c20-16-5-7-17(8-6-16)28(26,27)24-11-9-23(10-12-24)14-19(25)22-13-15-3-1-2-4-18(15)21/h1-8H,9-14H2,(H,22,25)/p+1. The minimum absolute atomic E-state index is 0.0797. The van der Waals surface area contributed by atoms with Crippen molar-refractivity contribution in [2.45, 2.75) is 11.4 Å². The van der Waals surface area contributed by atoms with Gasteiger partial charge in [-0.15, -0.1) is 0 Å². The van der Waals surface area contributed by atoms with E-state index in [1.54, 1.807) is 18.2 Å². The molecular weight excluding hydrogens is 421 g/mol. The number of nitrogens with one attached hydrogen (secondary N) is 2. The molecule has 28 heavy (non-hydrogen) atoms. The highest BCUT2D eigenvalue weighted by molar-refractivity contribution is 7.89. The Morgan fingerprint density at radius 2 is 1.68 bits per heavy atom. The van der Waals surface area contributed by atoms with Gasteiger partial charge >= 0.3 is 0 Å². The number of sulfonamides is 1. The van der Waals surface area contributed by atoms with Crippen LogP contribution in [-0.4, -0.2) is 51.4 Å². The van der Waals surface area contributed by atoms with Gasteiger partial charge in [-0.1, -0.05) is 41.4 Å². The van der Waals surface area contributed by atoms with Gasteiger partial charge in [0.15, 0.2) is 6.54 Å². The van der Waals surface area contributed by atoms with Crippen molar-refractivity contribution in [1.82, 2.24) is 9.62 Å². The van der Waals surface area contributed by atoms with E-state index in [1.807, 2.05) is 18.2 Å². The molecule has 2 aromatic rings. The first-order chi connectivity index (χ1) is 13.4. The van der Waals surface area contributed by atoms with Crippen molar-refractivity contribution in [3.8, 4) is 0 Å². The Morgan fingerprint density at radius 3 is 2.32 bits per heavy atom. The monoisotopic (exact) mass is 442 g/mol. The van der Waals surface area contributed by atoms with Crippen LogP contribution in [0.4, 0.5) is 0 Å². The SMILES string of the molecule is O=C(C[NH+]1CCN(S(=O)(=O)c2ccc(Cl)cc2)CC1)NCc1ccccc1Cl. The number of carbonyl (C=O) groups excluding carboxylic acids is 1. The van der Waals surface area contributed by atoms with Gasteiger partial charge in [-0.3, -0.25) is 4.79 Å². The van der Waals surface area contributed by atoms with Gasteiger partial charge in [0, 0.05) is 16.6 Å². The van der Waals surface area contributed by atoms with Crippen molar-refractivity contribution >= 4 is 39.1 Å². The minimum Gasteiger partial charge on any atom is -0.347 e. The third-order valence-corrected chi connectivity index (χ3v) is 7.26. The number of hydrogen-bond acceptors (Lipinski definition) is 3. The minimum atomic E-state index is -3.54. The van der Waals surface area contributed by atoms with E-state index in [0.29, 0.717) is 49.3 Å². The van der Waals surface area contributed by atoms with Crippen LogP contribution in [0.25, 0.3) is 0 Å². The molecule has 2 N–H and O–H groups in total. The third-order valence-electron chi connectivity index (χ3n) is 4.73. The van der Waals surface area contributed by atoms with Crippen LogP contribution in [0.1, 0.15) is 5.56 Å². The molecule has 2 aromatic carbocycles. The Hall–Kier alpha value is -1.64. The maximum absolute atomic E-state index is 12.7. The van der Waals surface area contributed by atoms with Crippen LogP contribution < -0.4 is 10.2 Å². The maximum Gasteiger partial charge on any atom is 0.275 e. The van der Waals surface area contributed by atoms with Gasteiger partial charge in [-0.25, -0.2) is 8.42 Å². The summed E-state index contributed by atoms with van der Waals surface area (Å²) in [6.45, 7) is 2.58. The third kappa shape index (κ3) is 5.24. The van der Waals surface area contributed by atoms with E-state index in [-0.39, 0.29) is 10.8 Å². The summed E-state index contributed by atoms with van der Waals surface area (Å²) in [6.07, 6.45) is 0. The average molecular weight is 443 g/mol. The number of carbonyl (C=O) groups is 1. The second-order valence-electron chi connectivity index (χ2n) is 6.65. The predicted molar refractivity (Wildman–Crippen MR) is 109 cm³/mol. The van der Waals surface area contributed by atoms with Gasteiger partial charge in [0.25, 0.3) is 5.91 Å². The lowest BCUT2D eigenvalue weighted by Gasteiger charge is -2.31. The second-order valence-corrected chi connectivity index (χ2v) is 9.43. The largest absolute Gasteiger partial charge is 0.347 e. The van der Waals surface area contributed by atoms with Crippen molar-refractivity contribution < 1.29 is 18.1 Å². The molecule has 1 saturated heterocycles. The van der Waals surface area contributed by atoms with Crippen molar-refractivity contribution in [2.24, 2.45) is 0 Å². The van der Waals surface area contributed by atoms with Gasteiger partial charge in [0.1, 0.15) is 0 Å². The van der Waals surface area contributed by atoms with Gasteiger partial charge in [0.2, 0.25) is 10.0 Å². The fourth-order valence-corrected chi connectivity index (χ4v) is 4.87. The second kappa shape index (κ2) is 9.24. The lowest BCUT2D eigenvalue weighted by atomic mass is 10.2. The van der Waals surface area contributed by atoms with Gasteiger partial charge in [-0.2, -0.15) is 4.31 Å². The first kappa shape index (κ1) is 21.1. The number of quaternary nitrogens is 1. The molecule has 1 aliphatic heterocycles. The van der Waals surface area contributed by atoms with Crippen LogP contribution in [0.2, 0.25) is 10.0 Å². The smallest absolute Gasteiger partial charge is 0.275 e. The van der Waals surface area contributed by atoms with E-state index >= 15 is 0 Å². The van der Waals surface area contributed by atoms with Crippen molar-refractivity contribution in [3.05, 3.63) is 64.1 Å². The van der Waals surface area contributed by atoms with E-state index < -0.39 is 10.0 Å². The van der Waals surface area contributed by atoms with Crippen LogP contribution in [0.3, 0.4) is 0 Å². The number of rotatable bonds is 6. The summed E-state index contributed by atoms with van der Waals surface area (Å²) in [6, 6.07) is 13.5. The normalized spacial score (nSPS) is 16.1. The zero-order chi connectivity index (χ0) is 20.1. The molecule has 1 heterocycles. The topological polar surface area (TPSA) is 70.9 Å². The molecule has 0 bridgehead atoms. The molecule has 150 valence electrons. The zero-order valence-electron chi connectivity index (χ0n) is 15.2. The Bertz CT molecular complexity index is 928. The van der Waals surface area contributed by atoms with E-state index in [9.17, 15) is 13.2 Å². The lowest BCUT2D eigenvalue weighted by molar-refractivity contribution is -0.895. The Morgan fingerprint density at radius 1 is 1.04 bits per heavy atom. The molecule has 0 spiro atoms. The lowest BCUT2D eigenvalue weighted by Crippen LogP contribution is -3.15. The molecule has 3 rings (SSSR count). The highest BCUT2D eigenvalue weighted by atomic mass is 35.5. The maximum atomic E-state index is 12.7. The van der Waals surface area contributed by atoms with Gasteiger partial charge < -0.3 is 10.2 Å². The Kier molecular flexibility index (Phi) is 6.95. The summed E-state index contributed by atoms with van der Waals surface area (Å²) in [5.74, 6) is -0.0797. The van der Waals surface area contributed by atoms with E-state index in [2.05, 4.69) is 5.32 Å². The number of halogens is 2. The summed E-state index contributed by atoms with van der Waals surface area (Å²) in [4.78, 5) is 13.5. The number of benzene rings is 2. The molecule has 0 aliphatic carbocycles. The molecule has 1 amide bonds. The van der Waals surface area contributed by atoms with Crippen LogP contribution in [0.15, 0.2) is 53.4 Å². The van der Waals surface area contributed by atoms with Crippen LogP contribution in [-0.2, 0) is 21.4 Å². The summed E-state index contributed by atoms with van der Waals surface area (Å²) in [5.41, 5.74) is 0.867. The summed E-state index contributed by atoms with van der Waals surface area (Å²) >= 11 is 11.9. The molecule has 9 heteroatoms.